The first-order chi connectivity index (χ1) is 6.20. The Labute approximate surface area is 86.3 Å². The van der Waals surface area contributed by atoms with E-state index in [9.17, 15) is 0 Å². The summed E-state index contributed by atoms with van der Waals surface area (Å²) in [6.45, 7) is 4.59. The van der Waals surface area contributed by atoms with Crippen LogP contribution in [0.25, 0.3) is 0 Å². The molecule has 0 aromatic carbocycles. The lowest BCUT2D eigenvalue weighted by molar-refractivity contribution is 0.322. The Hall–Kier alpha value is 0.270. The molecule has 0 aliphatic carbocycles. The van der Waals surface area contributed by atoms with Crippen LogP contribution in [0.15, 0.2) is 0 Å². The van der Waals surface area contributed by atoms with Gasteiger partial charge in [0.2, 0.25) is 0 Å². The molecule has 0 aliphatic heterocycles. The van der Waals surface area contributed by atoms with E-state index in [0.717, 1.165) is 18.1 Å². The molecule has 0 saturated carbocycles. The van der Waals surface area contributed by atoms with Gasteiger partial charge in [0.05, 0.1) is 6.61 Å². The zero-order valence-corrected chi connectivity index (χ0v) is 9.65. The van der Waals surface area contributed by atoms with Gasteiger partial charge in [0.1, 0.15) is 0 Å². The first kappa shape index (κ1) is 13.3. The lowest BCUT2D eigenvalue weighted by Gasteiger charge is -2.15. The molecule has 0 saturated heterocycles. The quantitative estimate of drug-likeness (QED) is 0.595. The van der Waals surface area contributed by atoms with Crippen molar-refractivity contribution in [1.82, 2.24) is 0 Å². The molecule has 2 nitrogen and oxygen atoms in total. The van der Waals surface area contributed by atoms with Crippen molar-refractivity contribution in [3.8, 4) is 0 Å². The predicted molar refractivity (Wildman–Crippen MR) is 61.1 cm³/mol. The van der Waals surface area contributed by atoms with Crippen LogP contribution in [-0.4, -0.2) is 29.3 Å². The molecule has 2 unspecified atom stereocenters. The molecule has 13 heavy (non-hydrogen) atoms. The number of thioether (sulfide) groups is 1. The standard InChI is InChI=1S/C10H23NOS/c1-3-10(5-4-9(2)11)8-13-7-6-12/h9-10,12H,3-8,11H2,1-2H3. The van der Waals surface area contributed by atoms with Gasteiger partial charge in [-0.2, -0.15) is 11.8 Å². The second-order valence-corrected chi connectivity index (χ2v) is 4.78. The molecule has 3 heteroatoms. The Balaban J connectivity index is 3.39. The topological polar surface area (TPSA) is 46.2 Å². The van der Waals surface area contributed by atoms with Gasteiger partial charge in [-0.05, 0) is 31.4 Å². The molecule has 80 valence electrons. The summed E-state index contributed by atoms with van der Waals surface area (Å²) in [5.74, 6) is 2.82. The summed E-state index contributed by atoms with van der Waals surface area (Å²) < 4.78 is 0. The van der Waals surface area contributed by atoms with Crippen molar-refractivity contribution in [1.29, 1.82) is 0 Å². The second-order valence-electron chi connectivity index (χ2n) is 3.63. The first-order valence-electron chi connectivity index (χ1n) is 5.14. The Kier molecular flexibility index (Phi) is 9.03. The van der Waals surface area contributed by atoms with Crippen LogP contribution in [0, 0.1) is 5.92 Å². The largest absolute Gasteiger partial charge is 0.396 e. The molecule has 0 spiro atoms. The van der Waals surface area contributed by atoms with Crippen LogP contribution in [0.4, 0.5) is 0 Å². The van der Waals surface area contributed by atoms with Crippen molar-refractivity contribution < 1.29 is 5.11 Å². The number of hydrogen-bond donors (Lipinski definition) is 2. The molecule has 0 heterocycles. The average molecular weight is 205 g/mol. The van der Waals surface area contributed by atoms with Gasteiger partial charge in [-0.3, -0.25) is 0 Å². The summed E-state index contributed by atoms with van der Waals surface area (Å²) in [6.07, 6.45) is 3.58. The molecular formula is C10H23NOS. The monoisotopic (exact) mass is 205 g/mol. The third kappa shape index (κ3) is 8.60. The molecule has 0 rings (SSSR count). The van der Waals surface area contributed by atoms with Gasteiger partial charge in [-0.15, -0.1) is 0 Å². The van der Waals surface area contributed by atoms with Crippen molar-refractivity contribution >= 4 is 11.8 Å². The van der Waals surface area contributed by atoms with Crippen molar-refractivity contribution in [2.75, 3.05) is 18.1 Å². The highest BCUT2D eigenvalue weighted by atomic mass is 32.2. The minimum Gasteiger partial charge on any atom is -0.396 e. The van der Waals surface area contributed by atoms with Crippen molar-refractivity contribution in [2.45, 2.75) is 39.2 Å². The molecule has 0 bridgehead atoms. The van der Waals surface area contributed by atoms with Crippen molar-refractivity contribution in [2.24, 2.45) is 11.7 Å². The minimum absolute atomic E-state index is 0.300. The maximum Gasteiger partial charge on any atom is 0.0521 e. The van der Waals surface area contributed by atoms with Crippen LogP contribution in [0.5, 0.6) is 0 Å². The van der Waals surface area contributed by atoms with E-state index in [1.807, 2.05) is 11.8 Å². The molecule has 2 atom stereocenters. The van der Waals surface area contributed by atoms with E-state index in [1.165, 1.54) is 18.6 Å². The van der Waals surface area contributed by atoms with Gasteiger partial charge in [0.15, 0.2) is 0 Å². The summed E-state index contributed by atoms with van der Waals surface area (Å²) in [5, 5.41) is 8.63. The Morgan fingerprint density at radius 1 is 1.38 bits per heavy atom. The zero-order valence-electron chi connectivity index (χ0n) is 8.83. The fourth-order valence-corrected chi connectivity index (χ4v) is 2.25. The molecule has 0 fully saturated rings. The van der Waals surface area contributed by atoms with E-state index in [-0.39, 0.29) is 0 Å². The maximum atomic E-state index is 8.63. The smallest absolute Gasteiger partial charge is 0.0521 e. The third-order valence-corrected chi connectivity index (χ3v) is 3.38. The minimum atomic E-state index is 0.300. The summed E-state index contributed by atoms with van der Waals surface area (Å²) in [5.41, 5.74) is 5.70. The molecule has 0 aromatic heterocycles. The number of aliphatic hydroxyl groups excluding tert-OH is 1. The highest BCUT2D eigenvalue weighted by Gasteiger charge is 2.07. The Bertz CT molecular complexity index is 109. The molecular weight excluding hydrogens is 182 g/mol. The fraction of sp³-hybridized carbons (Fsp3) is 1.00. The summed E-state index contributed by atoms with van der Waals surface area (Å²) >= 11 is 1.85. The Morgan fingerprint density at radius 3 is 2.54 bits per heavy atom. The van der Waals surface area contributed by atoms with Crippen LogP contribution in [-0.2, 0) is 0 Å². The molecule has 0 radical (unpaired) electrons. The molecule has 0 aromatic rings. The van der Waals surface area contributed by atoms with Crippen LogP contribution in [0.2, 0.25) is 0 Å². The Morgan fingerprint density at radius 2 is 2.08 bits per heavy atom. The number of hydrogen-bond acceptors (Lipinski definition) is 3. The van der Waals surface area contributed by atoms with E-state index < -0.39 is 0 Å². The molecule has 3 N–H and O–H groups in total. The van der Waals surface area contributed by atoms with E-state index >= 15 is 0 Å². The van der Waals surface area contributed by atoms with Gasteiger partial charge in [-0.25, -0.2) is 0 Å². The van der Waals surface area contributed by atoms with E-state index in [4.69, 9.17) is 10.8 Å². The van der Waals surface area contributed by atoms with Gasteiger partial charge in [0.25, 0.3) is 0 Å². The number of nitrogens with two attached hydrogens (primary N) is 1. The van der Waals surface area contributed by atoms with Crippen LogP contribution in [0.3, 0.4) is 0 Å². The number of aliphatic hydroxyl groups is 1. The van der Waals surface area contributed by atoms with Gasteiger partial charge in [0, 0.05) is 11.8 Å². The number of rotatable bonds is 8. The molecule has 0 amide bonds. The summed E-state index contributed by atoms with van der Waals surface area (Å²) in [4.78, 5) is 0. The van der Waals surface area contributed by atoms with Crippen LogP contribution >= 0.6 is 11.8 Å². The lowest BCUT2D eigenvalue weighted by atomic mass is 10.0. The normalized spacial score (nSPS) is 15.7. The van der Waals surface area contributed by atoms with Crippen LogP contribution in [0.1, 0.15) is 33.1 Å². The maximum absolute atomic E-state index is 8.63. The second kappa shape index (κ2) is 8.85. The molecule has 0 aliphatic rings. The fourth-order valence-electron chi connectivity index (χ4n) is 1.22. The van der Waals surface area contributed by atoms with E-state index in [2.05, 4.69) is 13.8 Å². The van der Waals surface area contributed by atoms with Gasteiger partial charge in [-0.1, -0.05) is 13.3 Å². The van der Waals surface area contributed by atoms with Crippen molar-refractivity contribution in [3.63, 3.8) is 0 Å². The summed E-state index contributed by atoms with van der Waals surface area (Å²) in [7, 11) is 0. The lowest BCUT2D eigenvalue weighted by Crippen LogP contribution is -2.17. The first-order valence-corrected chi connectivity index (χ1v) is 6.30. The van der Waals surface area contributed by atoms with E-state index in [1.54, 1.807) is 0 Å². The zero-order chi connectivity index (χ0) is 10.1. The van der Waals surface area contributed by atoms with Crippen molar-refractivity contribution in [3.05, 3.63) is 0 Å². The highest BCUT2D eigenvalue weighted by Crippen LogP contribution is 2.17. The van der Waals surface area contributed by atoms with E-state index in [0.29, 0.717) is 12.6 Å². The van der Waals surface area contributed by atoms with Crippen LogP contribution < -0.4 is 5.73 Å². The van der Waals surface area contributed by atoms with Gasteiger partial charge >= 0.3 is 0 Å². The third-order valence-electron chi connectivity index (χ3n) is 2.20. The predicted octanol–water partition coefficient (Wildman–Crippen LogP) is 1.87. The van der Waals surface area contributed by atoms with Gasteiger partial charge < -0.3 is 10.8 Å². The average Bonchev–Trinajstić information content (AvgIpc) is 2.10. The SMILES string of the molecule is CCC(CCC(C)N)CSCCO. The highest BCUT2D eigenvalue weighted by molar-refractivity contribution is 7.99. The summed E-state index contributed by atoms with van der Waals surface area (Å²) in [6, 6.07) is 0.330.